The maximum Gasteiger partial charge on any atom is 0.267 e. The van der Waals surface area contributed by atoms with Crippen molar-refractivity contribution >= 4 is 33.3 Å². The van der Waals surface area contributed by atoms with Gasteiger partial charge in [0.15, 0.2) is 5.16 Å². The predicted molar refractivity (Wildman–Crippen MR) is 125 cm³/mol. The van der Waals surface area contributed by atoms with Crippen molar-refractivity contribution in [1.82, 2.24) is 9.55 Å². The summed E-state index contributed by atoms with van der Waals surface area (Å²) in [4.78, 5) is 20.7. The van der Waals surface area contributed by atoms with E-state index in [1.54, 1.807) is 27.7 Å². The van der Waals surface area contributed by atoms with Crippen LogP contribution < -0.4 is 5.56 Å². The lowest BCUT2D eigenvalue weighted by atomic mass is 10.1. The lowest BCUT2D eigenvalue weighted by Gasteiger charge is -2.13. The molecule has 0 aliphatic rings. The van der Waals surface area contributed by atoms with E-state index in [1.807, 2.05) is 43.3 Å². The second kappa shape index (κ2) is 8.56. The van der Waals surface area contributed by atoms with Crippen LogP contribution >= 0.6 is 23.1 Å². The first-order valence-electron chi connectivity index (χ1n) is 9.87. The zero-order valence-electron chi connectivity index (χ0n) is 16.9. The van der Waals surface area contributed by atoms with Crippen LogP contribution in [0.3, 0.4) is 0 Å². The molecule has 0 radical (unpaired) electrons. The first kappa shape index (κ1) is 19.9. The molecule has 5 heteroatoms. The largest absolute Gasteiger partial charge is 0.268 e. The van der Waals surface area contributed by atoms with Crippen molar-refractivity contribution < 1.29 is 0 Å². The summed E-state index contributed by atoms with van der Waals surface area (Å²) < 4.78 is 1.79. The van der Waals surface area contributed by atoms with E-state index in [0.29, 0.717) is 0 Å². The Labute approximate surface area is 179 Å². The molecule has 2 aromatic heterocycles. The van der Waals surface area contributed by atoms with Crippen molar-refractivity contribution in [3.8, 4) is 5.69 Å². The third-order valence-corrected chi connectivity index (χ3v) is 7.24. The van der Waals surface area contributed by atoms with Crippen LogP contribution in [0.4, 0.5) is 0 Å². The Morgan fingerprint density at radius 1 is 1.07 bits per heavy atom. The Balaban J connectivity index is 1.89. The molecule has 0 N–H and O–H groups in total. The van der Waals surface area contributed by atoms with Crippen LogP contribution in [0.2, 0.25) is 0 Å². The maximum atomic E-state index is 13.6. The van der Waals surface area contributed by atoms with Crippen molar-refractivity contribution in [2.45, 2.75) is 44.5 Å². The van der Waals surface area contributed by atoms with Crippen LogP contribution in [0.25, 0.3) is 15.9 Å². The highest BCUT2D eigenvalue weighted by molar-refractivity contribution is 7.98. The Morgan fingerprint density at radius 3 is 2.59 bits per heavy atom. The average molecular weight is 421 g/mol. The van der Waals surface area contributed by atoms with Gasteiger partial charge in [-0.1, -0.05) is 67.6 Å². The molecule has 4 aromatic rings. The van der Waals surface area contributed by atoms with Gasteiger partial charge in [-0.25, -0.2) is 4.98 Å². The van der Waals surface area contributed by atoms with Crippen molar-refractivity contribution in [3.63, 3.8) is 0 Å². The number of hydrogen-bond donors (Lipinski definition) is 0. The molecule has 0 saturated heterocycles. The van der Waals surface area contributed by atoms with E-state index in [-0.39, 0.29) is 5.56 Å². The predicted octanol–water partition coefficient (Wildman–Crippen LogP) is 6.31. The summed E-state index contributed by atoms with van der Waals surface area (Å²) in [6, 6.07) is 18.4. The van der Waals surface area contributed by atoms with E-state index in [2.05, 4.69) is 32.0 Å². The fourth-order valence-corrected chi connectivity index (χ4v) is 5.78. The number of rotatable bonds is 6. The zero-order chi connectivity index (χ0) is 20.4. The number of fused-ring (bicyclic) bond motifs is 1. The summed E-state index contributed by atoms with van der Waals surface area (Å²) >= 11 is 3.28. The number of thiophene rings is 1. The molecule has 0 unspecified atom stereocenters. The fourth-order valence-electron chi connectivity index (χ4n) is 3.49. The Hall–Kier alpha value is -2.37. The topological polar surface area (TPSA) is 34.9 Å². The first-order valence-corrected chi connectivity index (χ1v) is 11.7. The number of thioether (sulfide) groups is 1. The van der Waals surface area contributed by atoms with Gasteiger partial charge in [0, 0.05) is 10.6 Å². The summed E-state index contributed by atoms with van der Waals surface area (Å²) in [7, 11) is 0. The van der Waals surface area contributed by atoms with Gasteiger partial charge in [0.2, 0.25) is 0 Å². The van der Waals surface area contributed by atoms with Crippen LogP contribution in [0, 0.1) is 13.8 Å². The summed E-state index contributed by atoms with van der Waals surface area (Å²) in [5.41, 5.74) is 4.35. The van der Waals surface area contributed by atoms with E-state index in [9.17, 15) is 4.79 Å². The SMILES string of the molecule is CCCc1sc2nc(SCc3ccccc3)n(-c3cccc(C)c3)c(=O)c2c1C. The molecule has 148 valence electrons. The maximum absolute atomic E-state index is 13.6. The van der Waals surface area contributed by atoms with Crippen LogP contribution in [-0.2, 0) is 12.2 Å². The summed E-state index contributed by atoms with van der Waals surface area (Å²) in [5.74, 6) is 0.775. The average Bonchev–Trinajstić information content (AvgIpc) is 3.03. The number of nitrogens with zero attached hydrogens (tertiary/aromatic N) is 2. The number of hydrogen-bond acceptors (Lipinski definition) is 4. The molecular weight excluding hydrogens is 396 g/mol. The van der Waals surface area contributed by atoms with Gasteiger partial charge in [-0.2, -0.15) is 0 Å². The first-order chi connectivity index (χ1) is 14.1. The second-order valence-corrected chi connectivity index (χ2v) is 9.25. The van der Waals surface area contributed by atoms with Gasteiger partial charge in [-0.15, -0.1) is 11.3 Å². The smallest absolute Gasteiger partial charge is 0.267 e. The molecule has 4 rings (SSSR count). The zero-order valence-corrected chi connectivity index (χ0v) is 18.6. The molecule has 0 saturated carbocycles. The van der Waals surface area contributed by atoms with Gasteiger partial charge in [0.1, 0.15) is 4.83 Å². The monoisotopic (exact) mass is 420 g/mol. The van der Waals surface area contributed by atoms with Crippen LogP contribution in [0.15, 0.2) is 64.5 Å². The van der Waals surface area contributed by atoms with Crippen molar-refractivity contribution in [2.75, 3.05) is 0 Å². The lowest BCUT2D eigenvalue weighted by molar-refractivity contribution is 0.820. The highest BCUT2D eigenvalue weighted by atomic mass is 32.2. The van der Waals surface area contributed by atoms with E-state index in [4.69, 9.17) is 4.98 Å². The molecule has 0 aliphatic carbocycles. The highest BCUT2D eigenvalue weighted by Crippen LogP contribution is 2.32. The normalized spacial score (nSPS) is 11.3. The van der Waals surface area contributed by atoms with Crippen molar-refractivity contribution in [2.24, 2.45) is 0 Å². The second-order valence-electron chi connectivity index (χ2n) is 7.23. The number of aromatic nitrogens is 2. The molecule has 0 bridgehead atoms. The molecule has 2 aromatic carbocycles. The molecular formula is C24H24N2OS2. The molecule has 0 fully saturated rings. The molecule has 0 aliphatic heterocycles. The molecule has 3 nitrogen and oxygen atoms in total. The van der Waals surface area contributed by atoms with Crippen LogP contribution in [0.1, 0.15) is 34.9 Å². The third kappa shape index (κ3) is 4.02. The molecule has 0 spiro atoms. The van der Waals surface area contributed by atoms with Gasteiger partial charge in [-0.3, -0.25) is 9.36 Å². The summed E-state index contributed by atoms with van der Waals surface area (Å²) in [6.07, 6.45) is 2.05. The molecule has 0 amide bonds. The number of benzene rings is 2. The van der Waals surface area contributed by atoms with Crippen molar-refractivity contribution in [3.05, 3.63) is 86.5 Å². The van der Waals surface area contributed by atoms with E-state index in [0.717, 1.165) is 50.8 Å². The molecule has 0 atom stereocenters. The van der Waals surface area contributed by atoms with Crippen molar-refractivity contribution in [1.29, 1.82) is 0 Å². The highest BCUT2D eigenvalue weighted by Gasteiger charge is 2.19. The van der Waals surface area contributed by atoms with Gasteiger partial charge >= 0.3 is 0 Å². The van der Waals surface area contributed by atoms with Gasteiger partial charge < -0.3 is 0 Å². The lowest BCUT2D eigenvalue weighted by Crippen LogP contribution is -2.21. The van der Waals surface area contributed by atoms with E-state index >= 15 is 0 Å². The molecule has 29 heavy (non-hydrogen) atoms. The van der Waals surface area contributed by atoms with E-state index in [1.165, 1.54) is 10.4 Å². The minimum absolute atomic E-state index is 0.0345. The minimum atomic E-state index is 0.0345. The third-order valence-electron chi connectivity index (χ3n) is 4.98. The minimum Gasteiger partial charge on any atom is -0.268 e. The summed E-state index contributed by atoms with van der Waals surface area (Å²) in [5, 5.41) is 1.52. The fraction of sp³-hybridized carbons (Fsp3) is 0.250. The Bertz CT molecular complexity index is 1210. The summed E-state index contributed by atoms with van der Waals surface area (Å²) in [6.45, 7) is 6.28. The van der Waals surface area contributed by atoms with Gasteiger partial charge in [0.05, 0.1) is 11.1 Å². The van der Waals surface area contributed by atoms with E-state index < -0.39 is 0 Å². The van der Waals surface area contributed by atoms with Gasteiger partial charge in [-0.05, 0) is 49.1 Å². The Morgan fingerprint density at radius 2 is 1.86 bits per heavy atom. The quantitative estimate of drug-likeness (QED) is 0.271. The van der Waals surface area contributed by atoms with Gasteiger partial charge in [0.25, 0.3) is 5.56 Å². The van der Waals surface area contributed by atoms with Crippen LogP contribution in [0.5, 0.6) is 0 Å². The van der Waals surface area contributed by atoms with Crippen LogP contribution in [-0.4, -0.2) is 9.55 Å². The number of aryl methyl sites for hydroxylation is 3. The Kier molecular flexibility index (Phi) is 5.88. The molecule has 2 heterocycles. The standard InChI is InChI=1S/C24H24N2OS2/c1-4-9-20-17(3)21-22(29-20)25-24(28-15-18-11-6-5-7-12-18)26(23(21)27)19-13-8-10-16(2)14-19/h5-8,10-14H,4,9,15H2,1-3H3.